The molecule has 184 valence electrons. The lowest BCUT2D eigenvalue weighted by atomic mass is 9.86. The SMILES string of the molecule is Cc1c(NC(=O)c2ccc(C(C)(C)C)cc2)cccc1-c1ccc(Nc2cc(N)ccn2)c(=O)n1C. The molecule has 4 rings (SSSR count). The highest BCUT2D eigenvalue weighted by atomic mass is 16.1. The maximum Gasteiger partial charge on any atom is 0.274 e. The van der Waals surface area contributed by atoms with Crippen LogP contribution in [0.5, 0.6) is 0 Å². The van der Waals surface area contributed by atoms with Crippen molar-refractivity contribution in [2.45, 2.75) is 33.1 Å². The van der Waals surface area contributed by atoms with E-state index >= 15 is 0 Å². The van der Waals surface area contributed by atoms with Crippen molar-refractivity contribution in [3.63, 3.8) is 0 Å². The summed E-state index contributed by atoms with van der Waals surface area (Å²) in [6, 6.07) is 20.3. The van der Waals surface area contributed by atoms with E-state index in [0.29, 0.717) is 28.4 Å². The van der Waals surface area contributed by atoms with Crippen molar-refractivity contribution in [3.8, 4) is 11.3 Å². The van der Waals surface area contributed by atoms with Gasteiger partial charge in [0.15, 0.2) is 0 Å². The van der Waals surface area contributed by atoms with Gasteiger partial charge in [0, 0.05) is 41.8 Å². The number of pyridine rings is 2. The van der Waals surface area contributed by atoms with E-state index in [9.17, 15) is 9.59 Å². The van der Waals surface area contributed by atoms with Crippen LogP contribution in [0.2, 0.25) is 0 Å². The Kier molecular flexibility index (Phi) is 6.66. The van der Waals surface area contributed by atoms with Crippen molar-refractivity contribution in [1.29, 1.82) is 0 Å². The zero-order chi connectivity index (χ0) is 26.0. The molecule has 0 aliphatic carbocycles. The van der Waals surface area contributed by atoms with Gasteiger partial charge < -0.3 is 20.9 Å². The molecule has 0 fully saturated rings. The number of aromatic nitrogens is 2. The maximum absolute atomic E-state index is 13.1. The lowest BCUT2D eigenvalue weighted by Gasteiger charge is -2.19. The number of nitrogens with zero attached hydrogens (tertiary/aromatic N) is 2. The second kappa shape index (κ2) is 9.70. The Morgan fingerprint density at radius 1 is 0.972 bits per heavy atom. The van der Waals surface area contributed by atoms with Crippen LogP contribution in [0.25, 0.3) is 11.3 Å². The predicted octanol–water partition coefficient (Wildman–Crippen LogP) is 5.63. The van der Waals surface area contributed by atoms with Crippen molar-refractivity contribution in [1.82, 2.24) is 9.55 Å². The number of anilines is 4. The molecule has 0 spiro atoms. The zero-order valence-electron chi connectivity index (χ0n) is 21.2. The number of rotatable bonds is 5. The van der Waals surface area contributed by atoms with Crippen LogP contribution < -0.4 is 21.9 Å². The molecule has 4 N–H and O–H groups in total. The third-order valence-corrected chi connectivity index (χ3v) is 6.22. The van der Waals surface area contributed by atoms with Crippen molar-refractivity contribution >= 4 is 28.8 Å². The molecule has 0 aliphatic rings. The number of carbonyl (C=O) groups excluding carboxylic acids is 1. The van der Waals surface area contributed by atoms with Gasteiger partial charge in [-0.05, 0) is 59.9 Å². The minimum Gasteiger partial charge on any atom is -0.399 e. The summed E-state index contributed by atoms with van der Waals surface area (Å²) in [5, 5.41) is 6.05. The normalized spacial score (nSPS) is 11.2. The lowest BCUT2D eigenvalue weighted by molar-refractivity contribution is 0.102. The highest BCUT2D eigenvalue weighted by Crippen LogP contribution is 2.29. The molecule has 0 saturated carbocycles. The summed E-state index contributed by atoms with van der Waals surface area (Å²) in [6.07, 6.45) is 1.58. The molecule has 0 unspecified atom stereocenters. The Bertz CT molecular complexity index is 1480. The monoisotopic (exact) mass is 481 g/mol. The lowest BCUT2D eigenvalue weighted by Crippen LogP contribution is -2.21. The third kappa shape index (κ3) is 5.15. The molecule has 0 aliphatic heterocycles. The number of nitrogen functional groups attached to an aromatic ring is 1. The first kappa shape index (κ1) is 24.7. The number of benzene rings is 2. The fourth-order valence-corrected chi connectivity index (χ4v) is 4.02. The van der Waals surface area contributed by atoms with Gasteiger partial charge in [-0.1, -0.05) is 45.0 Å². The molecule has 7 nitrogen and oxygen atoms in total. The molecular weight excluding hydrogens is 450 g/mol. The van der Waals surface area contributed by atoms with Crippen molar-refractivity contribution in [2.75, 3.05) is 16.4 Å². The van der Waals surface area contributed by atoms with E-state index in [2.05, 4.69) is 36.4 Å². The number of carbonyl (C=O) groups is 1. The van der Waals surface area contributed by atoms with Crippen molar-refractivity contribution in [2.24, 2.45) is 7.05 Å². The molecule has 2 aromatic carbocycles. The van der Waals surface area contributed by atoms with Crippen LogP contribution >= 0.6 is 0 Å². The van der Waals surface area contributed by atoms with Gasteiger partial charge in [0.1, 0.15) is 11.5 Å². The van der Waals surface area contributed by atoms with Gasteiger partial charge in [-0.3, -0.25) is 9.59 Å². The summed E-state index contributed by atoms with van der Waals surface area (Å²) in [7, 11) is 1.72. The Balaban J connectivity index is 1.60. The van der Waals surface area contributed by atoms with E-state index in [-0.39, 0.29) is 16.9 Å². The summed E-state index contributed by atoms with van der Waals surface area (Å²) in [6.45, 7) is 8.35. The molecule has 0 radical (unpaired) electrons. The highest BCUT2D eigenvalue weighted by molar-refractivity contribution is 6.05. The van der Waals surface area contributed by atoms with Crippen LogP contribution in [0.1, 0.15) is 42.3 Å². The number of hydrogen-bond acceptors (Lipinski definition) is 5. The highest BCUT2D eigenvalue weighted by Gasteiger charge is 2.16. The maximum atomic E-state index is 13.1. The summed E-state index contributed by atoms with van der Waals surface area (Å²) < 4.78 is 1.58. The van der Waals surface area contributed by atoms with Crippen LogP contribution in [-0.2, 0) is 12.5 Å². The van der Waals surface area contributed by atoms with Crippen LogP contribution in [-0.4, -0.2) is 15.5 Å². The third-order valence-electron chi connectivity index (χ3n) is 6.22. The standard InChI is InChI=1S/C29H31N5O2/c1-18-22(25-14-13-24(28(36)34(25)5)32-26-17-21(30)15-16-31-26)7-6-8-23(18)33-27(35)19-9-11-20(12-10-19)29(2,3)4/h6-17H,1-5H3,(H,33,35)(H3,30,31,32). The number of nitrogens with two attached hydrogens (primary N) is 1. The van der Waals surface area contributed by atoms with Gasteiger partial charge in [-0.2, -0.15) is 0 Å². The molecule has 0 atom stereocenters. The number of amides is 1. The van der Waals surface area contributed by atoms with Crippen LogP contribution in [0.3, 0.4) is 0 Å². The number of nitrogens with one attached hydrogen (secondary N) is 2. The Morgan fingerprint density at radius 3 is 2.36 bits per heavy atom. The molecular formula is C29H31N5O2. The minimum atomic E-state index is -0.204. The molecule has 36 heavy (non-hydrogen) atoms. The quantitative estimate of drug-likeness (QED) is 0.343. The van der Waals surface area contributed by atoms with E-state index in [1.165, 1.54) is 5.56 Å². The Labute approximate surface area is 211 Å². The first-order valence-corrected chi connectivity index (χ1v) is 11.7. The molecule has 0 saturated heterocycles. The van der Waals surface area contributed by atoms with Crippen molar-refractivity contribution in [3.05, 3.63) is 100.0 Å². The van der Waals surface area contributed by atoms with E-state index in [1.807, 2.05) is 55.5 Å². The molecule has 2 heterocycles. The first-order chi connectivity index (χ1) is 17.0. The summed E-state index contributed by atoms with van der Waals surface area (Å²) in [5.41, 5.74) is 11.5. The predicted molar refractivity (Wildman–Crippen MR) is 147 cm³/mol. The second-order valence-electron chi connectivity index (χ2n) is 9.86. The molecule has 0 bridgehead atoms. The van der Waals surface area contributed by atoms with Crippen molar-refractivity contribution < 1.29 is 4.79 Å². The summed E-state index contributed by atoms with van der Waals surface area (Å²) in [5.74, 6) is 0.315. The van der Waals surface area contributed by atoms with Gasteiger partial charge in [0.2, 0.25) is 0 Å². The average Bonchev–Trinajstić information content (AvgIpc) is 2.83. The van der Waals surface area contributed by atoms with Gasteiger partial charge in [0.25, 0.3) is 11.5 Å². The fourth-order valence-electron chi connectivity index (χ4n) is 4.02. The Hall–Kier alpha value is -4.39. The topological polar surface area (TPSA) is 102 Å². The minimum absolute atomic E-state index is 0.0197. The van der Waals surface area contributed by atoms with Gasteiger partial charge in [-0.15, -0.1) is 0 Å². The summed E-state index contributed by atoms with van der Waals surface area (Å²) >= 11 is 0. The smallest absolute Gasteiger partial charge is 0.274 e. The van der Waals surface area contributed by atoms with E-state index in [1.54, 1.807) is 36.0 Å². The molecule has 2 aromatic heterocycles. The van der Waals surface area contributed by atoms with Gasteiger partial charge in [0.05, 0.1) is 5.69 Å². The fraction of sp³-hybridized carbons (Fsp3) is 0.207. The van der Waals surface area contributed by atoms with Crippen LogP contribution in [0, 0.1) is 6.92 Å². The summed E-state index contributed by atoms with van der Waals surface area (Å²) in [4.78, 5) is 30.2. The van der Waals surface area contributed by atoms with Gasteiger partial charge >= 0.3 is 0 Å². The number of hydrogen-bond donors (Lipinski definition) is 3. The molecule has 1 amide bonds. The van der Waals surface area contributed by atoms with E-state index < -0.39 is 0 Å². The zero-order valence-corrected chi connectivity index (χ0v) is 21.2. The Morgan fingerprint density at radius 2 is 1.69 bits per heavy atom. The van der Waals surface area contributed by atoms with E-state index in [0.717, 1.165) is 16.8 Å². The van der Waals surface area contributed by atoms with Crippen LogP contribution in [0.4, 0.5) is 22.9 Å². The second-order valence-corrected chi connectivity index (χ2v) is 9.86. The average molecular weight is 482 g/mol. The van der Waals surface area contributed by atoms with Gasteiger partial charge in [-0.25, -0.2) is 4.98 Å². The largest absolute Gasteiger partial charge is 0.399 e. The first-order valence-electron chi connectivity index (χ1n) is 11.7. The molecule has 7 heteroatoms. The molecule has 4 aromatic rings. The van der Waals surface area contributed by atoms with Crippen LogP contribution in [0.15, 0.2) is 77.7 Å². The van der Waals surface area contributed by atoms with E-state index in [4.69, 9.17) is 5.73 Å².